The van der Waals surface area contributed by atoms with Crippen molar-refractivity contribution in [3.05, 3.63) is 82.1 Å². The predicted molar refractivity (Wildman–Crippen MR) is 155 cm³/mol. The van der Waals surface area contributed by atoms with Gasteiger partial charge in [0.05, 0.1) is 42.4 Å². The minimum Gasteiger partial charge on any atom is -0.465 e. The van der Waals surface area contributed by atoms with E-state index in [1.165, 1.54) is 13.2 Å². The third-order valence-electron chi connectivity index (χ3n) is 9.28. The fraction of sp³-hybridized carbons (Fsp3) is 0.406. The van der Waals surface area contributed by atoms with Crippen molar-refractivity contribution in [2.45, 2.75) is 44.2 Å². The zero-order chi connectivity index (χ0) is 29.5. The fourth-order valence-corrected chi connectivity index (χ4v) is 7.10. The van der Waals surface area contributed by atoms with E-state index in [4.69, 9.17) is 35.5 Å². The number of carbonyl (C=O) groups is 1. The van der Waals surface area contributed by atoms with Gasteiger partial charge in [-0.25, -0.2) is 14.2 Å². The van der Waals surface area contributed by atoms with Crippen LogP contribution in [-0.4, -0.2) is 58.3 Å². The van der Waals surface area contributed by atoms with Crippen LogP contribution in [-0.2, 0) is 28.4 Å². The zero-order valence-electron chi connectivity index (χ0n) is 23.8. The lowest BCUT2D eigenvalue weighted by Gasteiger charge is -2.28. The molecule has 2 aromatic carbocycles. The van der Waals surface area contributed by atoms with E-state index in [0.717, 1.165) is 49.0 Å². The molecule has 222 valence electrons. The molecule has 5 atom stereocenters. The van der Waals surface area contributed by atoms with Gasteiger partial charge in [-0.3, -0.25) is 9.88 Å². The van der Waals surface area contributed by atoms with Gasteiger partial charge in [0, 0.05) is 38.4 Å². The molecular weight excluding hydrogens is 575 g/mol. The third-order valence-corrected chi connectivity index (χ3v) is 9.51. The summed E-state index contributed by atoms with van der Waals surface area (Å²) in [5.74, 6) is 1.48. The maximum absolute atomic E-state index is 15.1. The quantitative estimate of drug-likeness (QED) is 0.263. The number of fused-ring (bicyclic) bond motifs is 3. The molecule has 0 radical (unpaired) electrons. The Balaban J connectivity index is 1.01. The number of hydrogen-bond donors (Lipinski definition) is 0. The number of likely N-dealkylation sites (tertiary alicyclic amines) is 1. The molecule has 0 bridgehead atoms. The van der Waals surface area contributed by atoms with Crippen LogP contribution in [0.4, 0.5) is 4.39 Å². The van der Waals surface area contributed by atoms with E-state index < -0.39 is 17.6 Å². The van der Waals surface area contributed by atoms with Crippen molar-refractivity contribution in [2.75, 3.05) is 26.8 Å². The number of halogens is 2. The van der Waals surface area contributed by atoms with E-state index in [1.807, 2.05) is 29.7 Å². The summed E-state index contributed by atoms with van der Waals surface area (Å²) in [7, 11) is 1.29. The average molecular weight is 605 g/mol. The number of rotatable bonds is 7. The van der Waals surface area contributed by atoms with Gasteiger partial charge in [0.2, 0.25) is 0 Å². The number of para-hydroxylation sites is 1. The normalized spacial score (nSPS) is 27.3. The van der Waals surface area contributed by atoms with Crippen molar-refractivity contribution in [3.8, 4) is 11.5 Å². The van der Waals surface area contributed by atoms with Crippen LogP contribution in [0.2, 0.25) is 5.02 Å². The topological polar surface area (TPSA) is 87.9 Å². The molecule has 1 saturated carbocycles. The van der Waals surface area contributed by atoms with Crippen LogP contribution < -0.4 is 9.47 Å². The van der Waals surface area contributed by atoms with Gasteiger partial charge in [0.25, 0.3) is 5.79 Å². The van der Waals surface area contributed by atoms with Crippen LogP contribution in [0.25, 0.3) is 11.0 Å². The summed E-state index contributed by atoms with van der Waals surface area (Å²) < 4.78 is 40.4. The Morgan fingerprint density at radius 1 is 1.19 bits per heavy atom. The first kappa shape index (κ1) is 26.9. The Hall–Kier alpha value is -3.73. The van der Waals surface area contributed by atoms with Crippen molar-refractivity contribution in [3.63, 3.8) is 0 Å². The molecule has 9 nitrogen and oxygen atoms in total. The Morgan fingerprint density at radius 2 is 2.00 bits per heavy atom. The molecule has 4 aliphatic rings. The molecule has 2 saturated heterocycles. The second kappa shape index (κ2) is 9.90. The molecular formula is C32H30ClFN4O5. The molecule has 0 amide bonds. The van der Waals surface area contributed by atoms with E-state index in [1.54, 1.807) is 18.3 Å². The van der Waals surface area contributed by atoms with Gasteiger partial charge in [0.1, 0.15) is 17.0 Å². The van der Waals surface area contributed by atoms with E-state index in [2.05, 4.69) is 16.0 Å². The van der Waals surface area contributed by atoms with Gasteiger partial charge in [-0.05, 0) is 54.5 Å². The van der Waals surface area contributed by atoms with Crippen LogP contribution in [0.5, 0.6) is 11.5 Å². The largest absolute Gasteiger partial charge is 0.465 e. The van der Waals surface area contributed by atoms with Gasteiger partial charge in [-0.2, -0.15) is 0 Å². The van der Waals surface area contributed by atoms with Crippen LogP contribution in [0.15, 0.2) is 48.7 Å². The summed E-state index contributed by atoms with van der Waals surface area (Å²) in [6.45, 7) is 5.54. The molecule has 3 fully saturated rings. The number of imidazole rings is 1. The van der Waals surface area contributed by atoms with Gasteiger partial charge >= 0.3 is 5.97 Å². The fourth-order valence-electron chi connectivity index (χ4n) is 6.99. The maximum Gasteiger partial charge on any atom is 0.338 e. The molecule has 4 aromatic rings. The maximum atomic E-state index is 15.1. The van der Waals surface area contributed by atoms with E-state index in [0.29, 0.717) is 47.1 Å². The van der Waals surface area contributed by atoms with Crippen LogP contribution in [0, 0.1) is 17.7 Å². The summed E-state index contributed by atoms with van der Waals surface area (Å²) in [5, 5.41) is 0.557. The Labute approximate surface area is 252 Å². The first-order valence-electron chi connectivity index (χ1n) is 14.5. The van der Waals surface area contributed by atoms with Gasteiger partial charge in [0.15, 0.2) is 17.3 Å². The summed E-state index contributed by atoms with van der Waals surface area (Å²) in [5.41, 5.74) is 2.84. The first-order valence-corrected chi connectivity index (χ1v) is 14.9. The number of piperidine rings is 1. The number of nitrogens with zero attached hydrogens (tertiary/aromatic N) is 4. The molecule has 11 heteroatoms. The van der Waals surface area contributed by atoms with E-state index in [9.17, 15) is 4.79 Å². The van der Waals surface area contributed by atoms with Crippen molar-refractivity contribution in [1.29, 1.82) is 0 Å². The van der Waals surface area contributed by atoms with E-state index >= 15 is 4.39 Å². The number of aromatic nitrogens is 3. The molecule has 0 N–H and O–H groups in total. The summed E-state index contributed by atoms with van der Waals surface area (Å²) in [4.78, 5) is 23.7. The zero-order valence-corrected chi connectivity index (χ0v) is 24.5. The minimum absolute atomic E-state index is 0.0495. The van der Waals surface area contributed by atoms with Crippen molar-refractivity contribution < 1.29 is 28.1 Å². The standard InChI is InChI=1S/C32H30ClFN4O5/c1-32(26-7-6-18(33)12-35-26)42-25-5-3-4-20(30(25)43-32)28-21-14-37(15-22(21)28)16-27-36-29-23(34)10-17(31(39)40-2)11-24(29)38(27)13-19-8-9-41-19/h3-7,10-12,19,21-22,28H,8-9,13-16H2,1-2H3/t19-,21-,22+,28?,32+/m0/s1. The van der Waals surface area contributed by atoms with Crippen molar-refractivity contribution in [2.24, 2.45) is 11.8 Å². The number of pyridine rings is 1. The summed E-state index contributed by atoms with van der Waals surface area (Å²) in [6, 6.07) is 12.6. The lowest BCUT2D eigenvalue weighted by atomic mass is 10.0. The highest BCUT2D eigenvalue weighted by Gasteiger charge is 2.58. The first-order chi connectivity index (χ1) is 20.8. The monoisotopic (exact) mass is 604 g/mol. The summed E-state index contributed by atoms with van der Waals surface area (Å²) in [6.07, 6.45) is 2.58. The van der Waals surface area contributed by atoms with Gasteiger partial charge < -0.3 is 23.5 Å². The number of ether oxygens (including phenoxy) is 4. The van der Waals surface area contributed by atoms with Crippen LogP contribution >= 0.6 is 11.6 Å². The van der Waals surface area contributed by atoms with E-state index in [-0.39, 0.29) is 17.2 Å². The smallest absolute Gasteiger partial charge is 0.338 e. The second-order valence-electron chi connectivity index (χ2n) is 12.0. The molecule has 0 spiro atoms. The SMILES string of the molecule is COC(=O)c1cc(F)c2nc(CN3C[C@@H]4C(c5cccc6c5O[C@](C)(c5ccc(Cl)cn5)O6)[C@@H]4C3)n(C[C@@H]3CCO3)c2c1. The molecule has 1 aliphatic carbocycles. The molecule has 3 aliphatic heterocycles. The molecule has 2 aromatic heterocycles. The molecule has 1 unspecified atom stereocenters. The highest BCUT2D eigenvalue weighted by atomic mass is 35.5. The van der Waals surface area contributed by atoms with Crippen LogP contribution in [0.1, 0.15) is 46.7 Å². The molecule has 43 heavy (non-hydrogen) atoms. The van der Waals surface area contributed by atoms with Crippen molar-refractivity contribution >= 4 is 28.6 Å². The van der Waals surface area contributed by atoms with Gasteiger partial charge in [-0.1, -0.05) is 23.7 Å². The van der Waals surface area contributed by atoms with Crippen LogP contribution in [0.3, 0.4) is 0 Å². The minimum atomic E-state index is -1.02. The number of methoxy groups -OCH3 is 1. The predicted octanol–water partition coefficient (Wildman–Crippen LogP) is 5.29. The Kier molecular flexibility index (Phi) is 6.19. The lowest BCUT2D eigenvalue weighted by molar-refractivity contribution is -0.0721. The average Bonchev–Trinajstić information content (AvgIpc) is 3.26. The number of hydrogen-bond acceptors (Lipinski definition) is 8. The molecule has 8 rings (SSSR count). The third kappa shape index (κ3) is 4.46. The lowest BCUT2D eigenvalue weighted by Crippen LogP contribution is -2.33. The number of benzene rings is 2. The summed E-state index contributed by atoms with van der Waals surface area (Å²) >= 11 is 6.04. The highest BCUT2D eigenvalue weighted by molar-refractivity contribution is 6.30. The second-order valence-corrected chi connectivity index (χ2v) is 12.4. The highest BCUT2D eigenvalue weighted by Crippen LogP contribution is 2.62. The number of esters is 1. The van der Waals surface area contributed by atoms with Crippen molar-refractivity contribution in [1.82, 2.24) is 19.4 Å². The molecule has 5 heterocycles. The number of carbonyl (C=O) groups excluding carboxylic acids is 1. The Bertz CT molecular complexity index is 1750. The Morgan fingerprint density at radius 3 is 2.70 bits per heavy atom. The van der Waals surface area contributed by atoms with Gasteiger partial charge in [-0.15, -0.1) is 0 Å².